The molecule has 18 heavy (non-hydrogen) atoms. The first-order chi connectivity index (χ1) is 8.50. The smallest absolute Gasteiger partial charge is 0.244 e. The molecule has 0 saturated carbocycles. The molecule has 0 aliphatic rings. The topological polar surface area (TPSA) is 72.2 Å². The van der Waals surface area contributed by atoms with Gasteiger partial charge in [0, 0.05) is 6.08 Å². The Bertz CT molecular complexity index is 438. The molecule has 3 N–H and O–H groups in total. The summed E-state index contributed by atoms with van der Waals surface area (Å²) in [6, 6.07) is 8.81. The van der Waals surface area contributed by atoms with E-state index in [-0.39, 0.29) is 11.8 Å². The Kier molecular flexibility index (Phi) is 5.11. The number of hydrogen-bond donors (Lipinski definition) is 2. The van der Waals surface area contributed by atoms with Gasteiger partial charge in [0.05, 0.1) is 0 Å². The van der Waals surface area contributed by atoms with Crippen molar-refractivity contribution in [2.75, 3.05) is 0 Å². The fraction of sp³-hybridized carbons (Fsp3) is 0.286. The Balaban J connectivity index is 2.61. The normalized spacial score (nSPS) is 12.6. The largest absolute Gasteiger partial charge is 0.368 e. The molecule has 0 spiro atoms. The summed E-state index contributed by atoms with van der Waals surface area (Å²) in [6.07, 6.45) is 3.08. The zero-order valence-electron chi connectivity index (χ0n) is 10.6. The molecule has 0 saturated heterocycles. The maximum Gasteiger partial charge on any atom is 0.244 e. The number of hydrogen-bond acceptors (Lipinski definition) is 2. The number of primary amides is 1. The number of nitrogens with one attached hydrogen (secondary N) is 1. The summed E-state index contributed by atoms with van der Waals surface area (Å²) in [5.41, 5.74) is 6.14. The summed E-state index contributed by atoms with van der Waals surface area (Å²) in [5, 5.41) is 2.59. The number of carbonyl (C=O) groups excluding carboxylic acids is 2. The lowest BCUT2D eigenvalue weighted by molar-refractivity contribution is -0.126. The molecule has 0 heterocycles. The first kappa shape index (κ1) is 14.0. The van der Waals surface area contributed by atoms with Crippen molar-refractivity contribution >= 4 is 17.9 Å². The van der Waals surface area contributed by atoms with Crippen LogP contribution in [0.4, 0.5) is 0 Å². The molecule has 1 aromatic rings. The number of benzene rings is 1. The highest BCUT2D eigenvalue weighted by atomic mass is 16.2. The van der Waals surface area contributed by atoms with Gasteiger partial charge in [-0.3, -0.25) is 9.59 Å². The van der Waals surface area contributed by atoms with Crippen LogP contribution in [0.15, 0.2) is 36.4 Å². The first-order valence-electron chi connectivity index (χ1n) is 5.83. The van der Waals surface area contributed by atoms with E-state index in [9.17, 15) is 9.59 Å². The van der Waals surface area contributed by atoms with E-state index in [0.717, 1.165) is 5.56 Å². The molecular formula is C14H18N2O2. The standard InChI is InChI=1S/C14H18N2O2/c1-10(2)13(14(15)18)16-12(17)9-8-11-6-4-3-5-7-11/h3-10,13H,1-2H3,(H2,15,18)(H,16,17)/b9-8+/t13-/m0/s1. The fourth-order valence-electron chi connectivity index (χ4n) is 1.50. The van der Waals surface area contributed by atoms with Crippen molar-refractivity contribution in [3.05, 3.63) is 42.0 Å². The second kappa shape index (κ2) is 6.59. The molecule has 0 fully saturated rings. The van der Waals surface area contributed by atoms with Gasteiger partial charge < -0.3 is 11.1 Å². The van der Waals surface area contributed by atoms with E-state index in [1.807, 2.05) is 44.2 Å². The van der Waals surface area contributed by atoms with Crippen molar-refractivity contribution in [3.63, 3.8) is 0 Å². The van der Waals surface area contributed by atoms with Crippen molar-refractivity contribution in [1.82, 2.24) is 5.32 Å². The van der Waals surface area contributed by atoms with Crippen LogP contribution in [0.1, 0.15) is 19.4 Å². The summed E-state index contributed by atoms with van der Waals surface area (Å²) >= 11 is 0. The monoisotopic (exact) mass is 246 g/mol. The highest BCUT2D eigenvalue weighted by Crippen LogP contribution is 2.03. The van der Waals surface area contributed by atoms with Crippen molar-refractivity contribution in [2.45, 2.75) is 19.9 Å². The van der Waals surface area contributed by atoms with E-state index < -0.39 is 11.9 Å². The molecule has 4 nitrogen and oxygen atoms in total. The van der Waals surface area contributed by atoms with Gasteiger partial charge in [-0.2, -0.15) is 0 Å². The summed E-state index contributed by atoms with van der Waals surface area (Å²) in [5.74, 6) is -0.876. The molecule has 0 bridgehead atoms. The highest BCUT2D eigenvalue weighted by molar-refractivity contribution is 5.95. The van der Waals surface area contributed by atoms with E-state index in [2.05, 4.69) is 5.32 Å². The molecule has 0 unspecified atom stereocenters. The Labute approximate surface area is 107 Å². The Morgan fingerprint density at radius 2 is 1.83 bits per heavy atom. The molecule has 1 rings (SSSR count). The van der Waals surface area contributed by atoms with Crippen LogP contribution in [0.3, 0.4) is 0 Å². The van der Waals surface area contributed by atoms with Crippen molar-refractivity contribution in [2.24, 2.45) is 11.7 Å². The van der Waals surface area contributed by atoms with Crippen molar-refractivity contribution < 1.29 is 9.59 Å². The Hall–Kier alpha value is -2.10. The summed E-state index contributed by atoms with van der Waals surface area (Å²) in [6.45, 7) is 3.66. The van der Waals surface area contributed by atoms with Gasteiger partial charge in [-0.25, -0.2) is 0 Å². The van der Waals surface area contributed by atoms with Gasteiger partial charge in [0.15, 0.2) is 0 Å². The van der Waals surface area contributed by atoms with Crippen LogP contribution in [0.25, 0.3) is 6.08 Å². The minimum Gasteiger partial charge on any atom is -0.368 e. The van der Waals surface area contributed by atoms with Gasteiger partial charge in [0.1, 0.15) is 6.04 Å². The number of amides is 2. The Morgan fingerprint density at radius 3 is 2.33 bits per heavy atom. The summed E-state index contributed by atoms with van der Waals surface area (Å²) in [7, 11) is 0. The molecule has 4 heteroatoms. The molecule has 96 valence electrons. The van der Waals surface area contributed by atoms with Crippen LogP contribution in [-0.2, 0) is 9.59 Å². The number of carbonyl (C=O) groups is 2. The van der Waals surface area contributed by atoms with Gasteiger partial charge >= 0.3 is 0 Å². The maximum absolute atomic E-state index is 11.6. The minimum absolute atomic E-state index is 0.0309. The Morgan fingerprint density at radius 1 is 1.22 bits per heavy atom. The third-order valence-electron chi connectivity index (χ3n) is 2.50. The summed E-state index contributed by atoms with van der Waals surface area (Å²) in [4.78, 5) is 22.8. The van der Waals surface area contributed by atoms with E-state index in [1.165, 1.54) is 6.08 Å². The van der Waals surface area contributed by atoms with Gasteiger partial charge in [-0.05, 0) is 17.6 Å². The van der Waals surface area contributed by atoms with Crippen molar-refractivity contribution in [3.8, 4) is 0 Å². The van der Waals surface area contributed by atoms with E-state index >= 15 is 0 Å². The lowest BCUT2D eigenvalue weighted by atomic mass is 10.0. The minimum atomic E-state index is -0.641. The van der Waals surface area contributed by atoms with E-state index in [0.29, 0.717) is 0 Å². The molecule has 1 atom stereocenters. The zero-order chi connectivity index (χ0) is 13.5. The molecule has 0 aliphatic carbocycles. The van der Waals surface area contributed by atoms with Gasteiger partial charge in [0.25, 0.3) is 0 Å². The number of nitrogens with two attached hydrogens (primary N) is 1. The van der Waals surface area contributed by atoms with Crippen LogP contribution in [0.2, 0.25) is 0 Å². The van der Waals surface area contributed by atoms with Crippen LogP contribution >= 0.6 is 0 Å². The van der Waals surface area contributed by atoms with Crippen LogP contribution in [0.5, 0.6) is 0 Å². The van der Waals surface area contributed by atoms with Gasteiger partial charge in [0.2, 0.25) is 11.8 Å². The number of rotatable bonds is 5. The SMILES string of the molecule is CC(C)[C@H](NC(=O)/C=C/c1ccccc1)C(N)=O. The highest BCUT2D eigenvalue weighted by Gasteiger charge is 2.20. The molecule has 0 radical (unpaired) electrons. The third-order valence-corrected chi connectivity index (χ3v) is 2.50. The molecular weight excluding hydrogens is 228 g/mol. The van der Waals surface area contributed by atoms with Crippen LogP contribution in [-0.4, -0.2) is 17.9 Å². The summed E-state index contributed by atoms with van der Waals surface area (Å²) < 4.78 is 0. The third kappa shape index (κ3) is 4.41. The molecule has 0 aromatic heterocycles. The van der Waals surface area contributed by atoms with Gasteiger partial charge in [-0.1, -0.05) is 44.2 Å². The lowest BCUT2D eigenvalue weighted by Crippen LogP contribution is -2.47. The second-order valence-corrected chi connectivity index (χ2v) is 4.38. The predicted octanol–water partition coefficient (Wildman–Crippen LogP) is 1.33. The molecule has 1 aromatic carbocycles. The predicted molar refractivity (Wildman–Crippen MR) is 71.4 cm³/mol. The fourth-order valence-corrected chi connectivity index (χ4v) is 1.50. The zero-order valence-corrected chi connectivity index (χ0v) is 10.6. The van der Waals surface area contributed by atoms with Crippen molar-refractivity contribution in [1.29, 1.82) is 0 Å². The van der Waals surface area contributed by atoms with Crippen LogP contribution in [0, 0.1) is 5.92 Å². The quantitative estimate of drug-likeness (QED) is 0.769. The second-order valence-electron chi connectivity index (χ2n) is 4.38. The molecule has 0 aliphatic heterocycles. The van der Waals surface area contributed by atoms with E-state index in [1.54, 1.807) is 6.08 Å². The first-order valence-corrected chi connectivity index (χ1v) is 5.83. The lowest BCUT2D eigenvalue weighted by Gasteiger charge is -2.17. The average molecular weight is 246 g/mol. The molecule has 2 amide bonds. The van der Waals surface area contributed by atoms with Crippen LogP contribution < -0.4 is 11.1 Å². The average Bonchev–Trinajstić information content (AvgIpc) is 2.34. The van der Waals surface area contributed by atoms with Gasteiger partial charge in [-0.15, -0.1) is 0 Å². The maximum atomic E-state index is 11.6. The van der Waals surface area contributed by atoms with E-state index in [4.69, 9.17) is 5.73 Å².